The molecule has 0 bridgehead atoms. The van der Waals surface area contributed by atoms with E-state index >= 15 is 0 Å². The molecule has 2 aliphatic heterocycles. The molecule has 2 amide bonds. The fourth-order valence-corrected chi connectivity index (χ4v) is 5.23. The molecule has 8 heteroatoms. The van der Waals surface area contributed by atoms with Crippen molar-refractivity contribution in [2.75, 3.05) is 26.2 Å². The van der Waals surface area contributed by atoms with Gasteiger partial charge in [0, 0.05) is 44.8 Å². The van der Waals surface area contributed by atoms with E-state index in [9.17, 15) is 18.8 Å². The number of carbonyl (C=O) groups is 3. The summed E-state index contributed by atoms with van der Waals surface area (Å²) in [5.74, 6) is -1.05. The summed E-state index contributed by atoms with van der Waals surface area (Å²) in [5, 5.41) is 0.885. The largest absolute Gasteiger partial charge is 0.350 e. The topological polar surface area (TPSA) is 62.6 Å². The van der Waals surface area contributed by atoms with Crippen LogP contribution in [0, 0.1) is 11.7 Å². The highest BCUT2D eigenvalue weighted by Gasteiger charge is 2.31. The van der Waals surface area contributed by atoms with E-state index < -0.39 is 11.7 Å². The molecule has 0 N–H and O–H groups in total. The molecule has 0 saturated carbocycles. The number of carbonyl (C=O) groups excluding carboxylic acids is 3. The molecule has 0 atom stereocenters. The van der Waals surface area contributed by atoms with Crippen LogP contribution in [0.15, 0.2) is 42.6 Å². The standard InChI is InChI=1S/C27H27ClFN3O3/c1-30-16-22(25(33)27(35)31-9-2-10-31)20-14-21(23(28)15-24(20)30)26(34)32-11-7-18(8-12-32)13-17-3-5-19(29)6-4-17/h3-6,14-16,18H,2,7-13H2,1H3. The number of halogens is 2. The molecule has 2 fully saturated rings. The van der Waals surface area contributed by atoms with Crippen LogP contribution in [-0.4, -0.2) is 58.1 Å². The van der Waals surface area contributed by atoms with Crippen LogP contribution in [0.4, 0.5) is 4.39 Å². The molecule has 2 saturated heterocycles. The summed E-state index contributed by atoms with van der Waals surface area (Å²) in [6.07, 6.45) is 5.10. The highest BCUT2D eigenvalue weighted by molar-refractivity contribution is 6.45. The van der Waals surface area contributed by atoms with Gasteiger partial charge in [0.2, 0.25) is 0 Å². The van der Waals surface area contributed by atoms with Gasteiger partial charge in [-0.05, 0) is 61.4 Å². The third-order valence-corrected chi connectivity index (χ3v) is 7.54. The van der Waals surface area contributed by atoms with E-state index in [2.05, 4.69) is 0 Å². The first kappa shape index (κ1) is 23.5. The van der Waals surface area contributed by atoms with Gasteiger partial charge in [-0.1, -0.05) is 23.7 Å². The molecule has 0 spiro atoms. The molecule has 3 heterocycles. The number of likely N-dealkylation sites (tertiary alicyclic amines) is 2. The molecule has 2 aromatic carbocycles. The Bertz CT molecular complexity index is 1310. The van der Waals surface area contributed by atoms with Crippen molar-refractivity contribution < 1.29 is 18.8 Å². The quantitative estimate of drug-likeness (QED) is 0.387. The van der Waals surface area contributed by atoms with Gasteiger partial charge in [0.1, 0.15) is 5.82 Å². The minimum atomic E-state index is -0.558. The molecular weight excluding hydrogens is 469 g/mol. The van der Waals surface area contributed by atoms with Crippen LogP contribution >= 0.6 is 11.6 Å². The number of hydrogen-bond acceptors (Lipinski definition) is 3. The zero-order valence-electron chi connectivity index (χ0n) is 19.6. The van der Waals surface area contributed by atoms with Crippen molar-refractivity contribution in [3.8, 4) is 0 Å². The van der Waals surface area contributed by atoms with Gasteiger partial charge in [-0.2, -0.15) is 0 Å². The van der Waals surface area contributed by atoms with Crippen molar-refractivity contribution in [1.82, 2.24) is 14.4 Å². The van der Waals surface area contributed by atoms with Crippen molar-refractivity contribution in [2.24, 2.45) is 13.0 Å². The predicted molar refractivity (Wildman–Crippen MR) is 132 cm³/mol. The van der Waals surface area contributed by atoms with Gasteiger partial charge in [0.05, 0.1) is 21.7 Å². The number of aromatic nitrogens is 1. The molecule has 35 heavy (non-hydrogen) atoms. The Morgan fingerprint density at radius 2 is 1.66 bits per heavy atom. The lowest BCUT2D eigenvalue weighted by Gasteiger charge is -2.32. The summed E-state index contributed by atoms with van der Waals surface area (Å²) in [6, 6.07) is 9.93. The van der Waals surface area contributed by atoms with Gasteiger partial charge in [0.15, 0.2) is 0 Å². The number of ketones is 1. The molecular formula is C27H27ClFN3O3. The van der Waals surface area contributed by atoms with E-state index in [1.807, 2.05) is 12.1 Å². The minimum Gasteiger partial charge on any atom is -0.350 e. The van der Waals surface area contributed by atoms with E-state index in [0.29, 0.717) is 59.1 Å². The Kier molecular flexibility index (Phi) is 6.36. The Hall–Kier alpha value is -3.19. The number of amides is 2. The number of rotatable bonds is 5. The molecule has 0 aliphatic carbocycles. The van der Waals surface area contributed by atoms with Crippen LogP contribution in [0.5, 0.6) is 0 Å². The first-order chi connectivity index (χ1) is 16.8. The van der Waals surface area contributed by atoms with E-state index in [1.54, 1.807) is 39.7 Å². The Labute approximate surface area is 208 Å². The predicted octanol–water partition coefficient (Wildman–Crippen LogP) is 4.48. The number of fused-ring (bicyclic) bond motifs is 1. The van der Waals surface area contributed by atoms with Crippen molar-refractivity contribution in [3.05, 3.63) is 70.1 Å². The summed E-state index contributed by atoms with van der Waals surface area (Å²) >= 11 is 6.52. The lowest BCUT2D eigenvalue weighted by atomic mass is 9.90. The maximum atomic E-state index is 13.4. The highest BCUT2D eigenvalue weighted by Crippen LogP contribution is 2.31. The number of hydrogen-bond donors (Lipinski definition) is 0. The summed E-state index contributed by atoms with van der Waals surface area (Å²) in [5.41, 5.74) is 2.43. The summed E-state index contributed by atoms with van der Waals surface area (Å²) in [7, 11) is 1.79. The van der Waals surface area contributed by atoms with Crippen LogP contribution in [0.1, 0.15) is 45.5 Å². The normalized spacial score (nSPS) is 16.4. The fraction of sp³-hybridized carbons (Fsp3) is 0.370. The fourth-order valence-electron chi connectivity index (χ4n) is 4.99. The van der Waals surface area contributed by atoms with Crippen LogP contribution in [0.2, 0.25) is 5.02 Å². The van der Waals surface area contributed by atoms with Crippen molar-refractivity contribution >= 4 is 40.1 Å². The molecule has 5 rings (SSSR count). The van der Waals surface area contributed by atoms with Gasteiger partial charge in [-0.15, -0.1) is 0 Å². The lowest BCUT2D eigenvalue weighted by molar-refractivity contribution is -0.129. The molecule has 182 valence electrons. The van der Waals surface area contributed by atoms with Crippen molar-refractivity contribution in [2.45, 2.75) is 25.7 Å². The van der Waals surface area contributed by atoms with Crippen LogP contribution < -0.4 is 0 Å². The molecule has 0 unspecified atom stereocenters. The first-order valence-corrected chi connectivity index (χ1v) is 12.4. The third kappa shape index (κ3) is 4.57. The average molecular weight is 496 g/mol. The Morgan fingerprint density at radius 3 is 2.29 bits per heavy atom. The van der Waals surface area contributed by atoms with Gasteiger partial charge in [0.25, 0.3) is 17.6 Å². The summed E-state index contributed by atoms with van der Waals surface area (Å²) in [4.78, 5) is 42.2. The monoisotopic (exact) mass is 495 g/mol. The summed E-state index contributed by atoms with van der Waals surface area (Å²) in [6.45, 7) is 2.41. The van der Waals surface area contributed by atoms with E-state index in [4.69, 9.17) is 11.6 Å². The minimum absolute atomic E-state index is 0.173. The molecule has 6 nitrogen and oxygen atoms in total. The zero-order valence-corrected chi connectivity index (χ0v) is 20.4. The maximum Gasteiger partial charge on any atom is 0.295 e. The molecule has 1 aromatic heterocycles. The highest BCUT2D eigenvalue weighted by atomic mass is 35.5. The Morgan fingerprint density at radius 1 is 0.971 bits per heavy atom. The number of Topliss-reactive ketones (excluding diaryl/α,β-unsaturated/α-hetero) is 1. The van der Waals surface area contributed by atoms with Crippen molar-refractivity contribution in [1.29, 1.82) is 0 Å². The zero-order chi connectivity index (χ0) is 24.7. The van der Waals surface area contributed by atoms with Crippen LogP contribution in [0.25, 0.3) is 10.9 Å². The second kappa shape index (κ2) is 9.46. The molecule has 3 aromatic rings. The van der Waals surface area contributed by atoms with Gasteiger partial charge < -0.3 is 14.4 Å². The van der Waals surface area contributed by atoms with Gasteiger partial charge >= 0.3 is 0 Å². The number of nitrogens with zero attached hydrogens (tertiary/aromatic N) is 3. The summed E-state index contributed by atoms with van der Waals surface area (Å²) < 4.78 is 14.9. The number of aryl methyl sites for hydroxylation is 1. The average Bonchev–Trinajstić information content (AvgIpc) is 3.13. The van der Waals surface area contributed by atoms with Gasteiger partial charge in [-0.3, -0.25) is 14.4 Å². The second-order valence-corrected chi connectivity index (χ2v) is 9.95. The van der Waals surface area contributed by atoms with Crippen LogP contribution in [-0.2, 0) is 18.3 Å². The number of piperidine rings is 1. The first-order valence-electron chi connectivity index (χ1n) is 12.0. The van der Waals surface area contributed by atoms with E-state index in [-0.39, 0.29) is 11.7 Å². The molecule has 2 aliphatic rings. The SMILES string of the molecule is Cn1cc(C(=O)C(=O)N2CCC2)c2cc(C(=O)N3CCC(Cc4ccc(F)cc4)CC3)c(Cl)cc21. The number of benzene rings is 2. The maximum absolute atomic E-state index is 13.4. The molecule has 0 radical (unpaired) electrons. The van der Waals surface area contributed by atoms with E-state index in [0.717, 1.165) is 31.2 Å². The van der Waals surface area contributed by atoms with Crippen molar-refractivity contribution in [3.63, 3.8) is 0 Å². The second-order valence-electron chi connectivity index (χ2n) is 9.54. The Balaban J connectivity index is 1.33. The van der Waals surface area contributed by atoms with Gasteiger partial charge in [-0.25, -0.2) is 4.39 Å². The third-order valence-electron chi connectivity index (χ3n) is 7.23. The lowest BCUT2D eigenvalue weighted by Crippen LogP contribution is -2.45. The smallest absolute Gasteiger partial charge is 0.295 e. The van der Waals surface area contributed by atoms with E-state index in [1.165, 1.54) is 12.1 Å². The van der Waals surface area contributed by atoms with Crippen LogP contribution in [0.3, 0.4) is 0 Å².